The van der Waals surface area contributed by atoms with Crippen LogP contribution in [0.3, 0.4) is 0 Å². The quantitative estimate of drug-likeness (QED) is 0.638. The van der Waals surface area contributed by atoms with Crippen LogP contribution in [0.15, 0.2) is 18.2 Å². The van der Waals surface area contributed by atoms with Gasteiger partial charge in [0.2, 0.25) is 0 Å². The monoisotopic (exact) mass is 188 g/mol. The SMILES string of the molecule is CNc1c(NO)cccc1C(F)F. The molecular weight excluding hydrogens is 178 g/mol. The lowest BCUT2D eigenvalue weighted by Crippen LogP contribution is -2.01. The van der Waals surface area contributed by atoms with Crippen molar-refractivity contribution in [3.63, 3.8) is 0 Å². The van der Waals surface area contributed by atoms with E-state index < -0.39 is 6.43 Å². The summed E-state index contributed by atoms with van der Waals surface area (Å²) in [5.74, 6) is 0. The molecule has 0 unspecified atom stereocenters. The fraction of sp³-hybridized carbons (Fsp3) is 0.250. The van der Waals surface area contributed by atoms with Crippen molar-refractivity contribution in [1.82, 2.24) is 0 Å². The highest BCUT2D eigenvalue weighted by Crippen LogP contribution is 2.32. The van der Waals surface area contributed by atoms with E-state index in [0.717, 1.165) is 0 Å². The summed E-state index contributed by atoms with van der Waals surface area (Å²) >= 11 is 0. The van der Waals surface area contributed by atoms with Crippen molar-refractivity contribution < 1.29 is 14.0 Å². The molecule has 0 aliphatic heterocycles. The van der Waals surface area contributed by atoms with Crippen LogP contribution in [0.4, 0.5) is 20.2 Å². The molecule has 0 radical (unpaired) electrons. The average molecular weight is 188 g/mol. The van der Waals surface area contributed by atoms with E-state index in [-0.39, 0.29) is 16.9 Å². The third kappa shape index (κ3) is 1.86. The zero-order valence-corrected chi connectivity index (χ0v) is 7.01. The Kier molecular flexibility index (Phi) is 3.02. The molecule has 0 fully saturated rings. The number of anilines is 2. The second kappa shape index (κ2) is 4.04. The maximum Gasteiger partial charge on any atom is 0.265 e. The standard InChI is InChI=1S/C8H10F2N2O/c1-11-7-5(8(9)10)3-2-4-6(7)12-13/h2-4,8,11-13H,1H3. The van der Waals surface area contributed by atoms with E-state index in [1.54, 1.807) is 0 Å². The lowest BCUT2D eigenvalue weighted by Gasteiger charge is -2.12. The molecule has 0 heterocycles. The first-order valence-electron chi connectivity index (χ1n) is 3.69. The van der Waals surface area contributed by atoms with Crippen molar-refractivity contribution in [2.45, 2.75) is 6.43 Å². The van der Waals surface area contributed by atoms with Crippen LogP contribution in [0.5, 0.6) is 0 Å². The van der Waals surface area contributed by atoms with Crippen molar-refractivity contribution in [3.05, 3.63) is 23.8 Å². The lowest BCUT2D eigenvalue weighted by atomic mass is 10.1. The fourth-order valence-electron chi connectivity index (χ4n) is 1.12. The van der Waals surface area contributed by atoms with Crippen molar-refractivity contribution in [2.24, 2.45) is 0 Å². The number of para-hydroxylation sites is 1. The Labute approximate surface area is 74.3 Å². The van der Waals surface area contributed by atoms with Gasteiger partial charge in [0.25, 0.3) is 6.43 Å². The van der Waals surface area contributed by atoms with Gasteiger partial charge in [-0.1, -0.05) is 12.1 Å². The van der Waals surface area contributed by atoms with Crippen LogP contribution in [0.2, 0.25) is 0 Å². The molecule has 0 aliphatic carbocycles. The van der Waals surface area contributed by atoms with Crippen LogP contribution in [-0.2, 0) is 0 Å². The summed E-state index contributed by atoms with van der Waals surface area (Å²) in [5.41, 5.74) is 2.15. The minimum atomic E-state index is -2.56. The van der Waals surface area contributed by atoms with Crippen molar-refractivity contribution in [2.75, 3.05) is 17.8 Å². The number of halogens is 2. The number of nitrogens with one attached hydrogen (secondary N) is 2. The Morgan fingerprint density at radius 2 is 2.08 bits per heavy atom. The Bertz CT molecular complexity index is 291. The number of rotatable bonds is 3. The van der Waals surface area contributed by atoms with Gasteiger partial charge in [-0.3, -0.25) is 10.7 Å². The van der Waals surface area contributed by atoms with Crippen LogP contribution in [0.25, 0.3) is 0 Å². The largest absolute Gasteiger partial charge is 0.386 e. The summed E-state index contributed by atoms with van der Waals surface area (Å²) in [6.45, 7) is 0. The third-order valence-electron chi connectivity index (χ3n) is 1.70. The van der Waals surface area contributed by atoms with Gasteiger partial charge in [-0.25, -0.2) is 8.78 Å². The van der Waals surface area contributed by atoms with Crippen molar-refractivity contribution in [3.8, 4) is 0 Å². The molecule has 0 saturated carbocycles. The molecule has 72 valence electrons. The maximum atomic E-state index is 12.4. The second-order valence-electron chi connectivity index (χ2n) is 2.43. The van der Waals surface area contributed by atoms with Gasteiger partial charge in [-0.15, -0.1) is 0 Å². The Morgan fingerprint density at radius 3 is 2.54 bits per heavy atom. The normalized spacial score (nSPS) is 10.2. The first kappa shape index (κ1) is 9.73. The summed E-state index contributed by atoms with van der Waals surface area (Å²) in [4.78, 5) is 0. The van der Waals surface area contributed by atoms with Crippen LogP contribution >= 0.6 is 0 Å². The molecule has 0 aliphatic rings. The first-order valence-corrected chi connectivity index (χ1v) is 3.69. The molecule has 1 aromatic rings. The zero-order valence-electron chi connectivity index (χ0n) is 7.01. The summed E-state index contributed by atoms with van der Waals surface area (Å²) in [5, 5.41) is 11.2. The molecule has 0 bridgehead atoms. The topological polar surface area (TPSA) is 44.3 Å². The molecule has 1 aromatic carbocycles. The Morgan fingerprint density at radius 1 is 1.38 bits per heavy atom. The van der Waals surface area contributed by atoms with Crippen LogP contribution in [-0.4, -0.2) is 12.3 Å². The van der Waals surface area contributed by atoms with Gasteiger partial charge in [0.05, 0.1) is 11.4 Å². The molecule has 0 saturated heterocycles. The average Bonchev–Trinajstić information content (AvgIpc) is 2.16. The van der Waals surface area contributed by atoms with E-state index >= 15 is 0 Å². The van der Waals surface area contributed by atoms with Gasteiger partial charge in [0.1, 0.15) is 0 Å². The molecular formula is C8H10F2N2O. The molecule has 3 nitrogen and oxygen atoms in total. The lowest BCUT2D eigenvalue weighted by molar-refractivity contribution is 0.152. The molecule has 0 spiro atoms. The third-order valence-corrected chi connectivity index (χ3v) is 1.70. The minimum absolute atomic E-state index is 0.137. The maximum absolute atomic E-state index is 12.4. The molecule has 0 aromatic heterocycles. The predicted molar refractivity (Wildman–Crippen MR) is 46.4 cm³/mol. The molecule has 3 N–H and O–H groups in total. The molecule has 0 atom stereocenters. The summed E-state index contributed by atoms with van der Waals surface area (Å²) < 4.78 is 24.8. The summed E-state index contributed by atoms with van der Waals surface area (Å²) in [6.07, 6.45) is -2.56. The fourth-order valence-corrected chi connectivity index (χ4v) is 1.12. The highest BCUT2D eigenvalue weighted by Gasteiger charge is 2.14. The van der Waals surface area contributed by atoms with E-state index in [4.69, 9.17) is 5.21 Å². The van der Waals surface area contributed by atoms with E-state index in [9.17, 15) is 8.78 Å². The van der Waals surface area contributed by atoms with Gasteiger partial charge in [0, 0.05) is 12.6 Å². The van der Waals surface area contributed by atoms with Gasteiger partial charge in [0.15, 0.2) is 0 Å². The van der Waals surface area contributed by atoms with Crippen LogP contribution < -0.4 is 10.8 Å². The Hall–Kier alpha value is -1.36. The highest BCUT2D eigenvalue weighted by molar-refractivity contribution is 5.71. The van der Waals surface area contributed by atoms with Crippen LogP contribution in [0, 0.1) is 0 Å². The number of hydrogen-bond donors (Lipinski definition) is 3. The molecule has 0 amide bonds. The molecule has 13 heavy (non-hydrogen) atoms. The van der Waals surface area contributed by atoms with Gasteiger partial charge in [-0.2, -0.15) is 0 Å². The van der Waals surface area contributed by atoms with E-state index in [1.165, 1.54) is 25.2 Å². The van der Waals surface area contributed by atoms with Gasteiger partial charge >= 0.3 is 0 Å². The summed E-state index contributed by atoms with van der Waals surface area (Å²) in [6, 6.07) is 4.25. The number of alkyl halides is 2. The number of hydrogen-bond acceptors (Lipinski definition) is 3. The minimum Gasteiger partial charge on any atom is -0.386 e. The zero-order chi connectivity index (χ0) is 9.84. The molecule has 1 rings (SSSR count). The van der Waals surface area contributed by atoms with Crippen LogP contribution in [0.1, 0.15) is 12.0 Å². The molecule has 5 heteroatoms. The van der Waals surface area contributed by atoms with E-state index in [2.05, 4.69) is 5.32 Å². The summed E-state index contributed by atoms with van der Waals surface area (Å²) in [7, 11) is 1.52. The number of benzene rings is 1. The highest BCUT2D eigenvalue weighted by atomic mass is 19.3. The Balaban J connectivity index is 3.19. The second-order valence-corrected chi connectivity index (χ2v) is 2.43. The van der Waals surface area contributed by atoms with E-state index in [1.807, 2.05) is 5.48 Å². The van der Waals surface area contributed by atoms with Crippen molar-refractivity contribution in [1.29, 1.82) is 0 Å². The smallest absolute Gasteiger partial charge is 0.265 e. The van der Waals surface area contributed by atoms with Gasteiger partial charge < -0.3 is 5.32 Å². The predicted octanol–water partition coefficient (Wildman–Crippen LogP) is 2.47. The van der Waals surface area contributed by atoms with Crippen molar-refractivity contribution >= 4 is 11.4 Å². The van der Waals surface area contributed by atoms with Gasteiger partial charge in [-0.05, 0) is 6.07 Å². The first-order chi connectivity index (χ1) is 6.20. The van der Waals surface area contributed by atoms with E-state index in [0.29, 0.717) is 0 Å².